The van der Waals surface area contributed by atoms with Gasteiger partial charge in [-0.2, -0.15) is 0 Å². The van der Waals surface area contributed by atoms with E-state index in [2.05, 4.69) is 4.98 Å². The van der Waals surface area contributed by atoms with Gasteiger partial charge < -0.3 is 0 Å². The molecule has 1 heterocycles. The third-order valence-electron chi connectivity index (χ3n) is 4.39. The van der Waals surface area contributed by atoms with Crippen LogP contribution in [0.5, 0.6) is 0 Å². The molecule has 0 bridgehead atoms. The van der Waals surface area contributed by atoms with Crippen LogP contribution in [0.15, 0.2) is 76.7 Å². The van der Waals surface area contributed by atoms with Gasteiger partial charge in [0.25, 0.3) is 0 Å². The number of fused-ring (bicyclic) bond motifs is 1. The zero-order chi connectivity index (χ0) is 20.8. The van der Waals surface area contributed by atoms with Gasteiger partial charge in [-0.05, 0) is 30.3 Å². The first-order valence-corrected chi connectivity index (χ1v) is 10.6. The molecule has 0 aliphatic carbocycles. The van der Waals surface area contributed by atoms with Crippen molar-refractivity contribution in [3.05, 3.63) is 88.5 Å². The van der Waals surface area contributed by atoms with Gasteiger partial charge in [-0.3, -0.25) is 4.98 Å². The summed E-state index contributed by atoms with van der Waals surface area (Å²) in [6.45, 7) is 0. The molecule has 4 aromatic rings. The summed E-state index contributed by atoms with van der Waals surface area (Å²) in [5, 5.41) is 0.427. The zero-order valence-electron chi connectivity index (χ0n) is 14.5. The van der Waals surface area contributed by atoms with Crippen LogP contribution >= 0.6 is 23.2 Å². The molecule has 0 radical (unpaired) electrons. The minimum atomic E-state index is -4.20. The normalized spacial score (nSPS) is 11.7. The highest BCUT2D eigenvalue weighted by Gasteiger charge is 2.27. The zero-order valence-corrected chi connectivity index (χ0v) is 16.9. The van der Waals surface area contributed by atoms with Crippen LogP contribution in [0.4, 0.5) is 8.78 Å². The lowest BCUT2D eigenvalue weighted by Crippen LogP contribution is -2.07. The van der Waals surface area contributed by atoms with Gasteiger partial charge in [-0.25, -0.2) is 17.2 Å². The molecule has 29 heavy (non-hydrogen) atoms. The van der Waals surface area contributed by atoms with Gasteiger partial charge in [0.1, 0.15) is 17.2 Å². The number of para-hydroxylation sites is 1. The third kappa shape index (κ3) is 3.48. The van der Waals surface area contributed by atoms with Crippen molar-refractivity contribution < 1.29 is 17.2 Å². The number of hydrogen-bond acceptors (Lipinski definition) is 3. The lowest BCUT2D eigenvalue weighted by Gasteiger charge is -2.15. The largest absolute Gasteiger partial charge is 0.252 e. The Balaban J connectivity index is 2.13. The monoisotopic (exact) mass is 449 g/mol. The molecule has 146 valence electrons. The van der Waals surface area contributed by atoms with E-state index in [1.807, 2.05) is 0 Å². The summed E-state index contributed by atoms with van der Waals surface area (Å²) < 4.78 is 55.7. The Morgan fingerprint density at radius 3 is 2.17 bits per heavy atom. The fourth-order valence-electron chi connectivity index (χ4n) is 3.12. The second kappa shape index (κ2) is 7.37. The quantitative estimate of drug-likeness (QED) is 0.367. The highest BCUT2D eigenvalue weighted by atomic mass is 35.5. The van der Waals surface area contributed by atoms with Gasteiger partial charge in [-0.15, -0.1) is 0 Å². The van der Waals surface area contributed by atoms with E-state index in [0.29, 0.717) is 0 Å². The molecule has 0 amide bonds. The molecule has 0 atom stereocenters. The Bertz CT molecular complexity index is 1350. The van der Waals surface area contributed by atoms with Gasteiger partial charge >= 0.3 is 0 Å². The van der Waals surface area contributed by atoms with Crippen molar-refractivity contribution in [2.75, 3.05) is 0 Å². The van der Waals surface area contributed by atoms with Crippen LogP contribution < -0.4 is 0 Å². The molecule has 0 aliphatic heterocycles. The van der Waals surface area contributed by atoms with E-state index in [1.54, 1.807) is 6.07 Å². The average molecular weight is 450 g/mol. The topological polar surface area (TPSA) is 47.0 Å². The molecule has 0 saturated carbocycles. The summed E-state index contributed by atoms with van der Waals surface area (Å²) in [6.07, 6.45) is 1.03. The van der Waals surface area contributed by atoms with Crippen molar-refractivity contribution in [1.82, 2.24) is 4.98 Å². The maximum absolute atomic E-state index is 14.7. The molecule has 3 nitrogen and oxygen atoms in total. The van der Waals surface area contributed by atoms with E-state index in [-0.39, 0.29) is 41.9 Å². The summed E-state index contributed by atoms with van der Waals surface area (Å²) in [6, 6.07) is 13.7. The Hall–Kier alpha value is -2.54. The summed E-state index contributed by atoms with van der Waals surface area (Å²) in [7, 11) is -4.20. The van der Waals surface area contributed by atoms with E-state index in [9.17, 15) is 17.2 Å². The Morgan fingerprint density at radius 1 is 0.828 bits per heavy atom. The summed E-state index contributed by atoms with van der Waals surface area (Å²) >= 11 is 11.9. The molecule has 0 N–H and O–H groups in total. The van der Waals surface area contributed by atoms with Gasteiger partial charge in [0, 0.05) is 32.8 Å². The number of rotatable bonds is 3. The average Bonchev–Trinajstić information content (AvgIpc) is 2.67. The number of benzene rings is 3. The summed E-state index contributed by atoms with van der Waals surface area (Å²) in [4.78, 5) is 3.54. The predicted octanol–water partition coefficient (Wildman–Crippen LogP) is 6.32. The van der Waals surface area contributed by atoms with E-state index in [4.69, 9.17) is 23.2 Å². The van der Waals surface area contributed by atoms with Gasteiger partial charge in [0.15, 0.2) is 0 Å². The molecule has 0 aliphatic rings. The smallest absolute Gasteiger partial charge is 0.208 e. The molecule has 0 saturated heterocycles. The van der Waals surface area contributed by atoms with E-state index in [1.165, 1.54) is 54.6 Å². The Labute approximate surface area is 175 Å². The van der Waals surface area contributed by atoms with E-state index < -0.39 is 21.5 Å². The highest BCUT2D eigenvalue weighted by molar-refractivity contribution is 7.91. The lowest BCUT2D eigenvalue weighted by atomic mass is 10.0. The molecule has 0 spiro atoms. The molecular formula is C21H11Cl2F2NO2S. The van der Waals surface area contributed by atoms with Crippen LogP contribution in [0.2, 0.25) is 10.0 Å². The molecular weight excluding hydrogens is 439 g/mol. The van der Waals surface area contributed by atoms with Crippen molar-refractivity contribution in [2.45, 2.75) is 9.79 Å². The number of nitrogens with zero attached hydrogens (tertiary/aromatic N) is 1. The molecule has 0 unspecified atom stereocenters. The van der Waals surface area contributed by atoms with E-state index in [0.717, 1.165) is 6.20 Å². The minimum absolute atomic E-state index is 0.0113. The molecule has 1 aromatic heterocycles. The Morgan fingerprint density at radius 2 is 1.48 bits per heavy atom. The first-order valence-electron chi connectivity index (χ1n) is 8.32. The summed E-state index contributed by atoms with van der Waals surface area (Å²) in [5.74, 6) is -1.29. The lowest BCUT2D eigenvalue weighted by molar-refractivity contribution is 0.595. The first-order chi connectivity index (χ1) is 13.8. The van der Waals surface area contributed by atoms with Crippen molar-refractivity contribution in [3.8, 4) is 11.1 Å². The van der Waals surface area contributed by atoms with Crippen molar-refractivity contribution in [3.63, 3.8) is 0 Å². The fourth-order valence-corrected chi connectivity index (χ4v) is 5.28. The molecule has 4 rings (SSSR count). The maximum Gasteiger partial charge on any atom is 0.208 e. The number of pyridine rings is 1. The van der Waals surface area contributed by atoms with Crippen LogP contribution in [0.3, 0.4) is 0 Å². The van der Waals surface area contributed by atoms with Gasteiger partial charge in [-0.1, -0.05) is 53.5 Å². The number of halogens is 4. The Kier molecular flexibility index (Phi) is 5.02. The van der Waals surface area contributed by atoms with Crippen molar-refractivity contribution >= 4 is 43.9 Å². The number of aromatic nitrogens is 1. The fraction of sp³-hybridized carbons (Fsp3) is 0. The molecule has 3 aromatic carbocycles. The van der Waals surface area contributed by atoms with Crippen LogP contribution in [-0.4, -0.2) is 13.4 Å². The second-order valence-electron chi connectivity index (χ2n) is 6.22. The maximum atomic E-state index is 14.7. The van der Waals surface area contributed by atoms with Crippen molar-refractivity contribution in [1.29, 1.82) is 0 Å². The molecule has 8 heteroatoms. The number of hydrogen-bond donors (Lipinski definition) is 0. The van der Waals surface area contributed by atoms with Crippen LogP contribution in [0, 0.1) is 11.6 Å². The van der Waals surface area contributed by atoms with Crippen LogP contribution in [0.25, 0.3) is 22.0 Å². The predicted molar refractivity (Wildman–Crippen MR) is 109 cm³/mol. The SMILES string of the molecule is O=S(=O)(c1cc(Cl)cc(Cl)c1)c1cnc2c(F)cccc2c1-c1ccccc1F. The third-order valence-corrected chi connectivity index (χ3v) is 6.57. The van der Waals surface area contributed by atoms with Crippen LogP contribution in [0.1, 0.15) is 0 Å². The van der Waals surface area contributed by atoms with Crippen molar-refractivity contribution in [2.24, 2.45) is 0 Å². The minimum Gasteiger partial charge on any atom is -0.252 e. The van der Waals surface area contributed by atoms with Crippen LogP contribution in [-0.2, 0) is 9.84 Å². The standard InChI is InChI=1S/C21H11Cl2F2NO2S/c22-12-8-13(23)10-14(9-12)29(27,28)19-11-26-21-16(5-3-7-18(21)25)20(19)15-4-1-2-6-17(15)24/h1-11H. The van der Waals surface area contributed by atoms with Gasteiger partial charge in [0.05, 0.1) is 9.79 Å². The first kappa shape index (κ1) is 19.8. The number of sulfone groups is 1. The second-order valence-corrected chi connectivity index (χ2v) is 9.01. The highest BCUT2D eigenvalue weighted by Crippen LogP contribution is 2.38. The molecule has 0 fully saturated rings. The van der Waals surface area contributed by atoms with E-state index >= 15 is 0 Å². The van der Waals surface area contributed by atoms with Gasteiger partial charge in [0.2, 0.25) is 9.84 Å². The summed E-state index contributed by atoms with van der Waals surface area (Å²) in [5.41, 5.74) is -0.0327.